The van der Waals surface area contributed by atoms with Crippen molar-refractivity contribution in [1.29, 1.82) is 0 Å². The zero-order chi connectivity index (χ0) is 13.4. The molecule has 0 aromatic heterocycles. The lowest BCUT2D eigenvalue weighted by Crippen LogP contribution is -2.39. The molecule has 0 spiro atoms. The summed E-state index contributed by atoms with van der Waals surface area (Å²) in [6, 6.07) is 0. The van der Waals surface area contributed by atoms with E-state index in [2.05, 4.69) is 47.6 Å². The zero-order valence-electron chi connectivity index (χ0n) is 12.3. The second kappa shape index (κ2) is 4.44. The molecule has 17 heavy (non-hydrogen) atoms. The predicted molar refractivity (Wildman–Crippen MR) is 73.9 cm³/mol. The maximum absolute atomic E-state index is 11.3. The molecule has 1 nitrogen and oxygen atoms in total. The Morgan fingerprint density at radius 3 is 2.24 bits per heavy atom. The molecule has 0 saturated carbocycles. The molecule has 0 bridgehead atoms. The summed E-state index contributed by atoms with van der Waals surface area (Å²) in [6.45, 7) is 15.1. The Balaban J connectivity index is 3.24. The average Bonchev–Trinajstić information content (AvgIpc) is 1.93. The van der Waals surface area contributed by atoms with Crippen LogP contribution in [-0.4, -0.2) is 5.78 Å². The Bertz CT molecular complexity index is 380. The standard InChI is InChI=1S/C16H26O/c1-11-9-15(4,5)14(16(6,7)10-11)12(2)8-13(3)17/h8-9,14H,10H2,1-7H3. The number of carbonyl (C=O) groups excluding carboxylic acids is 1. The van der Waals surface area contributed by atoms with E-state index in [1.807, 2.05) is 6.08 Å². The smallest absolute Gasteiger partial charge is 0.152 e. The van der Waals surface area contributed by atoms with Gasteiger partial charge in [-0.05, 0) is 50.0 Å². The number of hydrogen-bond acceptors (Lipinski definition) is 1. The molecule has 1 heteroatoms. The first-order chi connectivity index (χ1) is 7.56. The molecule has 1 rings (SSSR count). The molecule has 96 valence electrons. The zero-order valence-corrected chi connectivity index (χ0v) is 12.3. The molecule has 1 aliphatic rings. The first-order valence-corrected chi connectivity index (χ1v) is 6.43. The Labute approximate surface area is 106 Å². The molecule has 0 amide bonds. The summed E-state index contributed by atoms with van der Waals surface area (Å²) in [5, 5.41) is 0. The van der Waals surface area contributed by atoms with Gasteiger partial charge in [0.1, 0.15) is 0 Å². The van der Waals surface area contributed by atoms with Crippen molar-refractivity contribution in [3.63, 3.8) is 0 Å². The number of carbonyl (C=O) groups is 1. The minimum absolute atomic E-state index is 0.127. The Morgan fingerprint density at radius 1 is 1.29 bits per heavy atom. The molecular formula is C16H26O. The van der Waals surface area contributed by atoms with Crippen LogP contribution in [0.4, 0.5) is 0 Å². The van der Waals surface area contributed by atoms with Gasteiger partial charge in [-0.2, -0.15) is 0 Å². The van der Waals surface area contributed by atoms with Crippen LogP contribution in [0.1, 0.15) is 54.9 Å². The van der Waals surface area contributed by atoms with E-state index in [1.165, 1.54) is 11.1 Å². The van der Waals surface area contributed by atoms with Crippen molar-refractivity contribution in [3.05, 3.63) is 23.3 Å². The SMILES string of the molecule is CC(=O)C=C(C)C1C(C)(C)C=C(C)CC1(C)C. The number of rotatable bonds is 2. The summed E-state index contributed by atoms with van der Waals surface area (Å²) in [6.07, 6.45) is 5.30. The van der Waals surface area contributed by atoms with Crippen molar-refractivity contribution in [1.82, 2.24) is 0 Å². The minimum Gasteiger partial charge on any atom is -0.295 e. The highest BCUT2D eigenvalue weighted by molar-refractivity contribution is 5.88. The molecule has 0 aliphatic heterocycles. The minimum atomic E-state index is 0.127. The second-order valence-corrected chi connectivity index (χ2v) is 6.91. The molecular weight excluding hydrogens is 208 g/mol. The van der Waals surface area contributed by atoms with Gasteiger partial charge in [0, 0.05) is 0 Å². The lowest BCUT2D eigenvalue weighted by molar-refractivity contribution is -0.112. The van der Waals surface area contributed by atoms with Crippen LogP contribution in [0, 0.1) is 16.7 Å². The number of allylic oxidation sites excluding steroid dienone is 4. The topological polar surface area (TPSA) is 17.1 Å². The fourth-order valence-corrected chi connectivity index (χ4v) is 4.20. The van der Waals surface area contributed by atoms with Crippen LogP contribution in [0.2, 0.25) is 0 Å². The van der Waals surface area contributed by atoms with Crippen LogP contribution in [0.5, 0.6) is 0 Å². The second-order valence-electron chi connectivity index (χ2n) is 6.91. The first kappa shape index (κ1) is 14.2. The van der Waals surface area contributed by atoms with Crippen LogP contribution in [0.3, 0.4) is 0 Å². The van der Waals surface area contributed by atoms with Crippen molar-refractivity contribution >= 4 is 5.78 Å². The Hall–Kier alpha value is -0.850. The summed E-state index contributed by atoms with van der Waals surface area (Å²) in [4.78, 5) is 11.3. The van der Waals surface area contributed by atoms with E-state index in [0.717, 1.165) is 6.42 Å². The highest BCUT2D eigenvalue weighted by Crippen LogP contribution is 2.52. The van der Waals surface area contributed by atoms with Crippen LogP contribution in [0.25, 0.3) is 0 Å². The maximum atomic E-state index is 11.3. The van der Waals surface area contributed by atoms with Gasteiger partial charge < -0.3 is 0 Å². The van der Waals surface area contributed by atoms with Crippen molar-refractivity contribution in [2.45, 2.75) is 54.9 Å². The average molecular weight is 234 g/mol. The number of ketones is 1. The first-order valence-electron chi connectivity index (χ1n) is 6.43. The van der Waals surface area contributed by atoms with Gasteiger partial charge in [-0.25, -0.2) is 0 Å². The third-order valence-corrected chi connectivity index (χ3v) is 3.76. The number of hydrogen-bond donors (Lipinski definition) is 0. The normalized spacial score (nSPS) is 27.6. The van der Waals surface area contributed by atoms with E-state index >= 15 is 0 Å². The van der Waals surface area contributed by atoms with Crippen LogP contribution < -0.4 is 0 Å². The maximum Gasteiger partial charge on any atom is 0.152 e. The molecule has 0 aromatic rings. The van der Waals surface area contributed by atoms with Crippen molar-refractivity contribution < 1.29 is 4.79 Å². The monoisotopic (exact) mass is 234 g/mol. The van der Waals surface area contributed by atoms with Crippen molar-refractivity contribution in [2.24, 2.45) is 16.7 Å². The third-order valence-electron chi connectivity index (χ3n) is 3.76. The van der Waals surface area contributed by atoms with Gasteiger partial charge in [-0.3, -0.25) is 4.79 Å². The van der Waals surface area contributed by atoms with Gasteiger partial charge in [-0.1, -0.05) is 44.9 Å². The van der Waals surface area contributed by atoms with E-state index in [-0.39, 0.29) is 16.6 Å². The largest absolute Gasteiger partial charge is 0.295 e. The summed E-state index contributed by atoms with van der Waals surface area (Å²) < 4.78 is 0. The fourth-order valence-electron chi connectivity index (χ4n) is 4.20. The van der Waals surface area contributed by atoms with Crippen molar-refractivity contribution in [2.75, 3.05) is 0 Å². The van der Waals surface area contributed by atoms with E-state index in [0.29, 0.717) is 5.92 Å². The lowest BCUT2D eigenvalue weighted by Gasteiger charge is -2.48. The molecule has 1 atom stereocenters. The third kappa shape index (κ3) is 3.08. The molecule has 0 radical (unpaired) electrons. The molecule has 0 aromatic carbocycles. The predicted octanol–water partition coefficient (Wildman–Crippen LogP) is 4.54. The fraction of sp³-hybridized carbons (Fsp3) is 0.688. The van der Waals surface area contributed by atoms with E-state index in [1.54, 1.807) is 6.92 Å². The molecule has 0 fully saturated rings. The van der Waals surface area contributed by atoms with Gasteiger partial charge >= 0.3 is 0 Å². The van der Waals surface area contributed by atoms with Crippen LogP contribution in [0.15, 0.2) is 23.3 Å². The molecule has 1 aliphatic carbocycles. The summed E-state index contributed by atoms with van der Waals surface area (Å²) in [5.41, 5.74) is 3.03. The van der Waals surface area contributed by atoms with Gasteiger partial charge in [0.2, 0.25) is 0 Å². The Morgan fingerprint density at radius 2 is 1.82 bits per heavy atom. The molecule has 0 N–H and O–H groups in total. The van der Waals surface area contributed by atoms with Crippen LogP contribution >= 0.6 is 0 Å². The highest BCUT2D eigenvalue weighted by Gasteiger charge is 2.43. The van der Waals surface area contributed by atoms with Gasteiger partial charge in [0.25, 0.3) is 0 Å². The lowest BCUT2D eigenvalue weighted by atomic mass is 9.56. The van der Waals surface area contributed by atoms with E-state index in [9.17, 15) is 4.79 Å². The summed E-state index contributed by atoms with van der Waals surface area (Å²) in [7, 11) is 0. The highest BCUT2D eigenvalue weighted by atomic mass is 16.1. The molecule has 0 saturated heterocycles. The van der Waals surface area contributed by atoms with Crippen LogP contribution in [-0.2, 0) is 4.79 Å². The molecule has 0 heterocycles. The summed E-state index contributed by atoms with van der Waals surface area (Å²) in [5.74, 6) is 0.586. The molecule has 1 unspecified atom stereocenters. The van der Waals surface area contributed by atoms with Gasteiger partial charge in [0.15, 0.2) is 5.78 Å². The summed E-state index contributed by atoms with van der Waals surface area (Å²) >= 11 is 0. The van der Waals surface area contributed by atoms with Gasteiger partial charge in [0.05, 0.1) is 0 Å². The quantitative estimate of drug-likeness (QED) is 0.506. The Kier molecular flexibility index (Phi) is 3.71. The van der Waals surface area contributed by atoms with E-state index in [4.69, 9.17) is 0 Å². The van der Waals surface area contributed by atoms with E-state index < -0.39 is 0 Å². The van der Waals surface area contributed by atoms with Crippen molar-refractivity contribution in [3.8, 4) is 0 Å². The van der Waals surface area contributed by atoms with Gasteiger partial charge in [-0.15, -0.1) is 0 Å².